The minimum atomic E-state index is -0.429. The van der Waals surface area contributed by atoms with Gasteiger partial charge >= 0.3 is 0 Å². The molecule has 2 amide bonds. The third-order valence-corrected chi connectivity index (χ3v) is 4.57. The van der Waals surface area contributed by atoms with E-state index in [4.69, 9.17) is 11.6 Å². The number of hydrazine groups is 1. The van der Waals surface area contributed by atoms with Gasteiger partial charge in [0, 0.05) is 51.0 Å². The third kappa shape index (κ3) is 5.00. The monoisotopic (exact) mass is 375 g/mol. The average molecular weight is 376 g/mol. The number of para-hydroxylation sites is 1. The van der Waals surface area contributed by atoms with Gasteiger partial charge in [-0.25, -0.2) is 0 Å². The number of hydrogen-bond donors (Lipinski definition) is 3. The molecule has 7 nitrogen and oxygen atoms in total. The number of rotatable bonds is 5. The van der Waals surface area contributed by atoms with Crippen molar-refractivity contribution in [2.45, 2.75) is 6.42 Å². The standard InChI is InChI=1S/C18H22ClN5O2/c19-14-12-16(20-13-14)18(26)22-21-17(25)6-7-23-8-10-24(11-9-23)15-4-2-1-3-5-15/h1-5,12-13,20H,6-11H2,(H,21,25)(H,22,26). The summed E-state index contributed by atoms with van der Waals surface area (Å²) < 4.78 is 0. The lowest BCUT2D eigenvalue weighted by Gasteiger charge is -2.36. The molecule has 0 spiro atoms. The van der Waals surface area contributed by atoms with Crippen LogP contribution in [0.15, 0.2) is 42.6 Å². The van der Waals surface area contributed by atoms with Crippen LogP contribution in [0, 0.1) is 0 Å². The van der Waals surface area contributed by atoms with Crippen molar-refractivity contribution >= 4 is 29.1 Å². The van der Waals surface area contributed by atoms with Gasteiger partial charge in [-0.15, -0.1) is 0 Å². The van der Waals surface area contributed by atoms with Crippen LogP contribution in [-0.2, 0) is 4.79 Å². The summed E-state index contributed by atoms with van der Waals surface area (Å²) >= 11 is 5.74. The number of carbonyl (C=O) groups excluding carboxylic acids is 2. The molecule has 2 aromatic rings. The predicted octanol–water partition coefficient (Wildman–Crippen LogP) is 1.64. The van der Waals surface area contributed by atoms with E-state index in [-0.39, 0.29) is 5.91 Å². The number of nitrogens with one attached hydrogen (secondary N) is 3. The average Bonchev–Trinajstić information content (AvgIpc) is 3.12. The first-order valence-corrected chi connectivity index (χ1v) is 8.95. The lowest BCUT2D eigenvalue weighted by molar-refractivity contribution is -0.122. The number of halogens is 1. The van der Waals surface area contributed by atoms with E-state index in [0.717, 1.165) is 26.2 Å². The SMILES string of the molecule is O=C(CCN1CCN(c2ccccc2)CC1)NNC(=O)c1cc(Cl)c[nH]1. The van der Waals surface area contributed by atoms with E-state index in [1.54, 1.807) is 0 Å². The Morgan fingerprint density at radius 3 is 2.46 bits per heavy atom. The zero-order chi connectivity index (χ0) is 18.4. The van der Waals surface area contributed by atoms with E-state index in [9.17, 15) is 9.59 Å². The second-order valence-corrected chi connectivity index (χ2v) is 6.58. The Kier molecular flexibility index (Phi) is 6.14. The second kappa shape index (κ2) is 8.73. The molecule has 3 rings (SSSR count). The Hall–Kier alpha value is -2.51. The fraction of sp³-hybridized carbons (Fsp3) is 0.333. The van der Waals surface area contributed by atoms with Gasteiger partial charge in [0.2, 0.25) is 5.91 Å². The molecule has 0 saturated carbocycles. The first-order valence-electron chi connectivity index (χ1n) is 8.57. The van der Waals surface area contributed by atoms with Crippen molar-refractivity contribution in [1.29, 1.82) is 0 Å². The molecule has 0 aliphatic carbocycles. The number of H-pyrrole nitrogens is 1. The third-order valence-electron chi connectivity index (χ3n) is 4.36. The summed E-state index contributed by atoms with van der Waals surface area (Å²) in [6.45, 7) is 4.37. The lowest BCUT2D eigenvalue weighted by atomic mass is 10.2. The first-order chi connectivity index (χ1) is 12.6. The normalized spacial score (nSPS) is 14.9. The highest BCUT2D eigenvalue weighted by molar-refractivity contribution is 6.30. The van der Waals surface area contributed by atoms with Crippen molar-refractivity contribution in [2.75, 3.05) is 37.6 Å². The summed E-state index contributed by atoms with van der Waals surface area (Å²) in [5.41, 5.74) is 6.33. The zero-order valence-electron chi connectivity index (χ0n) is 14.4. The number of piperazine rings is 1. The highest BCUT2D eigenvalue weighted by Crippen LogP contribution is 2.15. The van der Waals surface area contributed by atoms with Crippen molar-refractivity contribution in [3.05, 3.63) is 53.3 Å². The van der Waals surface area contributed by atoms with Crippen LogP contribution in [0.4, 0.5) is 5.69 Å². The molecular weight excluding hydrogens is 354 g/mol. The highest BCUT2D eigenvalue weighted by Gasteiger charge is 2.18. The molecule has 0 bridgehead atoms. The van der Waals surface area contributed by atoms with E-state index in [2.05, 4.69) is 37.8 Å². The number of anilines is 1. The molecule has 1 saturated heterocycles. The maximum atomic E-state index is 11.9. The topological polar surface area (TPSA) is 80.5 Å². The Morgan fingerprint density at radius 1 is 1.08 bits per heavy atom. The van der Waals surface area contributed by atoms with Crippen molar-refractivity contribution in [3.63, 3.8) is 0 Å². The summed E-state index contributed by atoms with van der Waals surface area (Å²) in [5, 5.41) is 0.441. The predicted molar refractivity (Wildman–Crippen MR) is 101 cm³/mol. The minimum Gasteiger partial charge on any atom is -0.369 e. The van der Waals surface area contributed by atoms with E-state index in [1.807, 2.05) is 18.2 Å². The van der Waals surface area contributed by atoms with Gasteiger partial charge in [-0.05, 0) is 18.2 Å². The maximum absolute atomic E-state index is 11.9. The molecule has 3 N–H and O–H groups in total. The van der Waals surface area contributed by atoms with Crippen molar-refractivity contribution in [2.24, 2.45) is 0 Å². The van der Waals surface area contributed by atoms with Gasteiger partial charge in [0.05, 0.1) is 5.02 Å². The number of hydrogen-bond acceptors (Lipinski definition) is 4. The molecule has 1 fully saturated rings. The van der Waals surface area contributed by atoms with Crippen LogP contribution in [0.5, 0.6) is 0 Å². The van der Waals surface area contributed by atoms with Crippen molar-refractivity contribution in [3.8, 4) is 0 Å². The van der Waals surface area contributed by atoms with Crippen LogP contribution in [0.2, 0.25) is 5.02 Å². The Bertz CT molecular complexity index is 741. The Morgan fingerprint density at radius 2 is 1.81 bits per heavy atom. The van der Waals surface area contributed by atoms with Crippen LogP contribution in [-0.4, -0.2) is 54.4 Å². The van der Waals surface area contributed by atoms with Crippen LogP contribution in [0.1, 0.15) is 16.9 Å². The quantitative estimate of drug-likeness (QED) is 0.694. The molecule has 2 heterocycles. The molecule has 1 aliphatic rings. The summed E-state index contributed by atoms with van der Waals surface area (Å²) in [6, 6.07) is 11.8. The van der Waals surface area contributed by atoms with Crippen LogP contribution in [0.3, 0.4) is 0 Å². The van der Waals surface area contributed by atoms with Crippen LogP contribution < -0.4 is 15.8 Å². The van der Waals surface area contributed by atoms with E-state index in [0.29, 0.717) is 23.7 Å². The number of benzene rings is 1. The zero-order valence-corrected chi connectivity index (χ0v) is 15.1. The van der Waals surface area contributed by atoms with Crippen LogP contribution in [0.25, 0.3) is 0 Å². The van der Waals surface area contributed by atoms with E-state index >= 15 is 0 Å². The number of carbonyl (C=O) groups is 2. The summed E-state index contributed by atoms with van der Waals surface area (Å²) in [7, 11) is 0. The van der Waals surface area contributed by atoms with Crippen molar-refractivity contribution < 1.29 is 9.59 Å². The van der Waals surface area contributed by atoms with Gasteiger partial charge in [-0.1, -0.05) is 29.8 Å². The summed E-state index contributed by atoms with van der Waals surface area (Å²) in [5.74, 6) is -0.650. The maximum Gasteiger partial charge on any atom is 0.286 e. The van der Waals surface area contributed by atoms with Crippen LogP contribution >= 0.6 is 11.6 Å². The van der Waals surface area contributed by atoms with Gasteiger partial charge in [-0.3, -0.25) is 25.3 Å². The van der Waals surface area contributed by atoms with E-state index in [1.165, 1.54) is 18.0 Å². The first kappa shape index (κ1) is 18.3. The molecule has 0 atom stereocenters. The second-order valence-electron chi connectivity index (χ2n) is 6.15. The summed E-state index contributed by atoms with van der Waals surface area (Å²) in [4.78, 5) is 31.0. The molecule has 1 aliphatic heterocycles. The number of aromatic amines is 1. The fourth-order valence-electron chi connectivity index (χ4n) is 2.88. The smallest absolute Gasteiger partial charge is 0.286 e. The van der Waals surface area contributed by atoms with Crippen molar-refractivity contribution in [1.82, 2.24) is 20.7 Å². The van der Waals surface area contributed by atoms with Gasteiger partial charge in [0.25, 0.3) is 5.91 Å². The van der Waals surface area contributed by atoms with Gasteiger partial charge in [0.15, 0.2) is 0 Å². The largest absolute Gasteiger partial charge is 0.369 e. The Labute approximate surface area is 157 Å². The molecule has 0 unspecified atom stereocenters. The van der Waals surface area contributed by atoms with Gasteiger partial charge < -0.3 is 9.88 Å². The number of aromatic nitrogens is 1. The molecule has 8 heteroatoms. The van der Waals surface area contributed by atoms with E-state index < -0.39 is 5.91 Å². The Balaban J connectivity index is 1.34. The fourth-order valence-corrected chi connectivity index (χ4v) is 3.05. The number of amides is 2. The van der Waals surface area contributed by atoms with Gasteiger partial charge in [0.1, 0.15) is 5.69 Å². The number of nitrogens with zero attached hydrogens (tertiary/aromatic N) is 2. The molecule has 0 radical (unpaired) electrons. The minimum absolute atomic E-state index is 0.221. The summed E-state index contributed by atoms with van der Waals surface area (Å²) in [6.07, 6.45) is 1.84. The molecule has 138 valence electrons. The molecule has 26 heavy (non-hydrogen) atoms. The highest BCUT2D eigenvalue weighted by atomic mass is 35.5. The molecular formula is C18H22ClN5O2. The lowest BCUT2D eigenvalue weighted by Crippen LogP contribution is -2.48. The van der Waals surface area contributed by atoms with Gasteiger partial charge in [-0.2, -0.15) is 0 Å². The molecule has 1 aromatic carbocycles. The molecule has 1 aromatic heterocycles.